The van der Waals surface area contributed by atoms with E-state index in [-0.39, 0.29) is 5.91 Å². The summed E-state index contributed by atoms with van der Waals surface area (Å²) in [5, 5.41) is 0. The monoisotopic (exact) mass is 271 g/mol. The van der Waals surface area contributed by atoms with Crippen molar-refractivity contribution in [3.8, 4) is 0 Å². The summed E-state index contributed by atoms with van der Waals surface area (Å²) >= 11 is 1.47. The van der Waals surface area contributed by atoms with Crippen molar-refractivity contribution >= 4 is 17.2 Å². The molecule has 0 radical (unpaired) electrons. The third-order valence-electron chi connectivity index (χ3n) is 2.81. The molecule has 1 atom stereocenters. The van der Waals surface area contributed by atoms with Crippen molar-refractivity contribution in [1.29, 1.82) is 0 Å². The Morgan fingerprint density at radius 2 is 2.33 bits per heavy atom. The van der Waals surface area contributed by atoms with Crippen LogP contribution in [0.2, 0.25) is 0 Å². The van der Waals surface area contributed by atoms with E-state index in [0.717, 1.165) is 18.0 Å². The first-order valence-electron chi connectivity index (χ1n) is 5.95. The summed E-state index contributed by atoms with van der Waals surface area (Å²) in [6, 6.07) is 4.13. The first-order chi connectivity index (χ1) is 8.62. The topological polar surface area (TPSA) is 67.6 Å². The molecule has 6 heteroatoms. The number of nitrogens with zero attached hydrogens (tertiary/aromatic N) is 1. The molecule has 0 aliphatic rings. The van der Waals surface area contributed by atoms with Crippen molar-refractivity contribution in [2.24, 2.45) is 5.84 Å². The molecule has 1 heterocycles. The molecule has 18 heavy (non-hydrogen) atoms. The van der Waals surface area contributed by atoms with Crippen LogP contribution in [0.15, 0.2) is 12.1 Å². The van der Waals surface area contributed by atoms with Crippen LogP contribution < -0.4 is 11.3 Å². The van der Waals surface area contributed by atoms with Gasteiger partial charge in [-0.25, -0.2) is 5.84 Å². The molecule has 1 unspecified atom stereocenters. The van der Waals surface area contributed by atoms with Crippen LogP contribution in [0.1, 0.15) is 28.4 Å². The van der Waals surface area contributed by atoms with E-state index in [1.165, 1.54) is 11.3 Å². The van der Waals surface area contributed by atoms with Crippen LogP contribution >= 0.6 is 11.3 Å². The number of rotatable bonds is 7. The zero-order valence-electron chi connectivity index (χ0n) is 11.1. The molecule has 1 aromatic heterocycles. The lowest BCUT2D eigenvalue weighted by Crippen LogP contribution is -2.35. The van der Waals surface area contributed by atoms with Gasteiger partial charge in [0.1, 0.15) is 0 Å². The molecule has 0 bridgehead atoms. The van der Waals surface area contributed by atoms with Crippen molar-refractivity contribution in [3.05, 3.63) is 21.9 Å². The molecule has 1 amide bonds. The Kier molecular flexibility index (Phi) is 6.28. The van der Waals surface area contributed by atoms with Gasteiger partial charge in [-0.2, -0.15) is 0 Å². The Morgan fingerprint density at radius 3 is 2.89 bits per heavy atom. The van der Waals surface area contributed by atoms with Gasteiger partial charge in [-0.3, -0.25) is 15.1 Å². The standard InChI is InChI=1S/C12H21N3O2S/c1-4-15(9(2)8-17-3)7-10-5-6-11(18-10)12(16)14-13/h5-6,9H,4,7-8,13H2,1-3H3,(H,14,16). The van der Waals surface area contributed by atoms with E-state index in [0.29, 0.717) is 17.5 Å². The van der Waals surface area contributed by atoms with E-state index in [1.807, 2.05) is 6.07 Å². The number of nitrogen functional groups attached to an aromatic ring is 1. The average Bonchev–Trinajstić information content (AvgIpc) is 2.83. The predicted octanol–water partition coefficient (Wildman–Crippen LogP) is 1.21. The van der Waals surface area contributed by atoms with Gasteiger partial charge in [-0.05, 0) is 25.6 Å². The maximum Gasteiger partial charge on any atom is 0.275 e. The lowest BCUT2D eigenvalue weighted by molar-refractivity contribution is 0.0957. The highest BCUT2D eigenvalue weighted by Gasteiger charge is 2.14. The number of hydrogen-bond donors (Lipinski definition) is 2. The van der Waals surface area contributed by atoms with Crippen LogP contribution in [0.3, 0.4) is 0 Å². The molecule has 1 aromatic rings. The third-order valence-corrected chi connectivity index (χ3v) is 3.88. The minimum Gasteiger partial charge on any atom is -0.383 e. The van der Waals surface area contributed by atoms with E-state index in [2.05, 4.69) is 24.2 Å². The number of amides is 1. The second kappa shape index (κ2) is 7.48. The molecule has 0 saturated carbocycles. The van der Waals surface area contributed by atoms with Crippen LogP contribution in [0.4, 0.5) is 0 Å². The molecule has 0 aromatic carbocycles. The van der Waals surface area contributed by atoms with Gasteiger partial charge in [-0.1, -0.05) is 6.92 Å². The van der Waals surface area contributed by atoms with E-state index < -0.39 is 0 Å². The van der Waals surface area contributed by atoms with Gasteiger partial charge in [0.15, 0.2) is 0 Å². The molecule has 0 fully saturated rings. The summed E-state index contributed by atoms with van der Waals surface area (Å²) in [4.78, 5) is 15.5. The SMILES string of the molecule is CCN(Cc1ccc(C(=O)NN)s1)C(C)COC. The minimum absolute atomic E-state index is 0.237. The number of thiophene rings is 1. The van der Waals surface area contributed by atoms with Gasteiger partial charge >= 0.3 is 0 Å². The number of hydrazine groups is 1. The number of methoxy groups -OCH3 is 1. The highest BCUT2D eigenvalue weighted by Crippen LogP contribution is 2.19. The van der Waals surface area contributed by atoms with Crippen molar-refractivity contribution in [2.75, 3.05) is 20.3 Å². The number of likely N-dealkylation sites (N-methyl/N-ethyl adjacent to an activating group) is 1. The average molecular weight is 271 g/mol. The first kappa shape index (κ1) is 15.1. The molecule has 0 aliphatic carbocycles. The number of hydrogen-bond acceptors (Lipinski definition) is 5. The Morgan fingerprint density at radius 1 is 1.61 bits per heavy atom. The van der Waals surface area contributed by atoms with E-state index in [4.69, 9.17) is 10.6 Å². The van der Waals surface area contributed by atoms with E-state index in [9.17, 15) is 4.79 Å². The zero-order valence-corrected chi connectivity index (χ0v) is 11.9. The Hall–Kier alpha value is -0.950. The second-order valence-electron chi connectivity index (χ2n) is 4.11. The molecular weight excluding hydrogens is 250 g/mol. The highest BCUT2D eigenvalue weighted by molar-refractivity contribution is 7.14. The van der Waals surface area contributed by atoms with Gasteiger partial charge in [-0.15, -0.1) is 11.3 Å². The van der Waals surface area contributed by atoms with Crippen molar-refractivity contribution in [2.45, 2.75) is 26.4 Å². The molecule has 3 N–H and O–H groups in total. The van der Waals surface area contributed by atoms with Crippen LogP contribution in [-0.4, -0.2) is 37.1 Å². The van der Waals surface area contributed by atoms with Crippen molar-refractivity contribution < 1.29 is 9.53 Å². The zero-order chi connectivity index (χ0) is 13.5. The fraction of sp³-hybridized carbons (Fsp3) is 0.583. The molecule has 0 saturated heterocycles. The summed E-state index contributed by atoms with van der Waals surface area (Å²) in [5.41, 5.74) is 2.14. The largest absolute Gasteiger partial charge is 0.383 e. The number of ether oxygens (including phenoxy) is 1. The lowest BCUT2D eigenvalue weighted by Gasteiger charge is -2.26. The molecule has 102 valence electrons. The number of nitrogens with one attached hydrogen (secondary N) is 1. The van der Waals surface area contributed by atoms with Gasteiger partial charge < -0.3 is 4.74 Å². The first-order valence-corrected chi connectivity index (χ1v) is 6.76. The van der Waals surface area contributed by atoms with E-state index >= 15 is 0 Å². The lowest BCUT2D eigenvalue weighted by atomic mass is 10.3. The fourth-order valence-electron chi connectivity index (χ4n) is 1.78. The fourth-order valence-corrected chi connectivity index (χ4v) is 2.72. The summed E-state index contributed by atoms with van der Waals surface area (Å²) in [5.74, 6) is 4.87. The molecule has 1 rings (SSSR count). The maximum absolute atomic E-state index is 11.4. The van der Waals surface area contributed by atoms with Crippen LogP contribution in [-0.2, 0) is 11.3 Å². The predicted molar refractivity (Wildman–Crippen MR) is 73.4 cm³/mol. The van der Waals surface area contributed by atoms with Crippen LogP contribution in [0.25, 0.3) is 0 Å². The summed E-state index contributed by atoms with van der Waals surface area (Å²) in [7, 11) is 1.71. The molecule has 5 nitrogen and oxygen atoms in total. The Balaban J connectivity index is 2.64. The van der Waals surface area contributed by atoms with Gasteiger partial charge in [0.05, 0.1) is 11.5 Å². The van der Waals surface area contributed by atoms with Crippen LogP contribution in [0, 0.1) is 0 Å². The van der Waals surface area contributed by atoms with E-state index in [1.54, 1.807) is 13.2 Å². The van der Waals surface area contributed by atoms with Crippen molar-refractivity contribution in [1.82, 2.24) is 10.3 Å². The Bertz CT molecular complexity index is 381. The summed E-state index contributed by atoms with van der Waals surface area (Å²) < 4.78 is 5.17. The molecule has 0 spiro atoms. The van der Waals surface area contributed by atoms with Gasteiger partial charge in [0.2, 0.25) is 0 Å². The van der Waals surface area contributed by atoms with Crippen LogP contribution in [0.5, 0.6) is 0 Å². The van der Waals surface area contributed by atoms with Gasteiger partial charge in [0.25, 0.3) is 5.91 Å². The third kappa shape index (κ3) is 4.06. The normalized spacial score (nSPS) is 12.7. The summed E-state index contributed by atoms with van der Waals surface area (Å²) in [6.45, 7) is 6.72. The quantitative estimate of drug-likeness (QED) is 0.444. The summed E-state index contributed by atoms with van der Waals surface area (Å²) in [6.07, 6.45) is 0. The highest BCUT2D eigenvalue weighted by atomic mass is 32.1. The second-order valence-corrected chi connectivity index (χ2v) is 5.28. The minimum atomic E-state index is -0.237. The van der Waals surface area contributed by atoms with Gasteiger partial charge in [0, 0.05) is 24.6 Å². The smallest absolute Gasteiger partial charge is 0.275 e. The number of carbonyl (C=O) groups is 1. The maximum atomic E-state index is 11.4. The number of nitrogens with two attached hydrogens (primary N) is 1. The number of carbonyl (C=O) groups excluding carboxylic acids is 1. The Labute approximate surface area is 112 Å². The van der Waals surface area contributed by atoms with Crippen molar-refractivity contribution in [3.63, 3.8) is 0 Å². The molecular formula is C12H21N3O2S. The molecule has 0 aliphatic heterocycles.